The van der Waals surface area contributed by atoms with Crippen LogP contribution in [0.15, 0.2) is 205 Å². The average Bonchev–Trinajstić information content (AvgIpc) is 3.83. The van der Waals surface area contributed by atoms with Crippen LogP contribution < -0.4 is 4.90 Å². The summed E-state index contributed by atoms with van der Waals surface area (Å²) in [5, 5.41) is 7.22. The minimum atomic E-state index is 0.855. The summed E-state index contributed by atoms with van der Waals surface area (Å²) >= 11 is 1.86. The van der Waals surface area contributed by atoms with E-state index in [2.05, 4.69) is 199 Å². The van der Waals surface area contributed by atoms with Crippen molar-refractivity contribution in [2.24, 2.45) is 0 Å². The summed E-state index contributed by atoms with van der Waals surface area (Å²) in [6, 6.07) is 72.2. The number of anilines is 3. The van der Waals surface area contributed by atoms with Gasteiger partial charge in [-0.1, -0.05) is 164 Å². The van der Waals surface area contributed by atoms with E-state index >= 15 is 0 Å². The van der Waals surface area contributed by atoms with Crippen molar-refractivity contribution in [2.75, 3.05) is 4.90 Å². The summed E-state index contributed by atoms with van der Waals surface area (Å²) in [5.74, 6) is 0. The molecule has 258 valence electrons. The fourth-order valence-corrected chi connectivity index (χ4v) is 9.51. The highest BCUT2D eigenvalue weighted by molar-refractivity contribution is 7.26. The number of nitrogens with zero attached hydrogens (tertiary/aromatic N) is 1. The Morgan fingerprint density at radius 2 is 1.02 bits per heavy atom. The zero-order valence-corrected chi connectivity index (χ0v) is 30.6. The maximum atomic E-state index is 6.83. The Kier molecular flexibility index (Phi) is 7.39. The molecule has 0 bridgehead atoms. The van der Waals surface area contributed by atoms with E-state index in [1.807, 2.05) is 17.4 Å². The predicted molar refractivity (Wildman–Crippen MR) is 235 cm³/mol. The van der Waals surface area contributed by atoms with E-state index in [-0.39, 0.29) is 0 Å². The van der Waals surface area contributed by atoms with Gasteiger partial charge in [0.15, 0.2) is 5.58 Å². The number of para-hydroxylation sites is 3. The lowest BCUT2D eigenvalue weighted by molar-refractivity contribution is 0.669. The molecule has 11 aromatic rings. The molecule has 11 rings (SSSR count). The summed E-state index contributed by atoms with van der Waals surface area (Å²) < 4.78 is 9.41. The molecule has 2 heterocycles. The van der Waals surface area contributed by atoms with Gasteiger partial charge in [-0.25, -0.2) is 0 Å². The van der Waals surface area contributed by atoms with E-state index < -0.39 is 0 Å². The molecule has 2 nitrogen and oxygen atoms in total. The lowest BCUT2D eigenvalue weighted by Crippen LogP contribution is -2.13. The summed E-state index contributed by atoms with van der Waals surface area (Å²) in [6.45, 7) is 0. The maximum absolute atomic E-state index is 6.83. The van der Waals surface area contributed by atoms with Crippen molar-refractivity contribution in [1.29, 1.82) is 0 Å². The molecule has 0 spiro atoms. The Morgan fingerprint density at radius 1 is 0.364 bits per heavy atom. The van der Waals surface area contributed by atoms with E-state index in [0.717, 1.165) is 61.3 Å². The van der Waals surface area contributed by atoms with Gasteiger partial charge in [-0.15, -0.1) is 11.3 Å². The molecule has 0 unspecified atom stereocenters. The molecule has 0 saturated carbocycles. The number of hydrogen-bond acceptors (Lipinski definition) is 3. The van der Waals surface area contributed by atoms with Crippen LogP contribution in [-0.2, 0) is 0 Å². The first kappa shape index (κ1) is 31.6. The third kappa shape index (κ3) is 5.24. The van der Waals surface area contributed by atoms with Crippen molar-refractivity contribution in [2.45, 2.75) is 0 Å². The highest BCUT2D eigenvalue weighted by atomic mass is 32.1. The van der Waals surface area contributed by atoms with Gasteiger partial charge in [-0.05, 0) is 63.9 Å². The Morgan fingerprint density at radius 3 is 1.95 bits per heavy atom. The van der Waals surface area contributed by atoms with Crippen molar-refractivity contribution in [3.8, 4) is 33.4 Å². The lowest BCUT2D eigenvalue weighted by atomic mass is 9.94. The summed E-state index contributed by atoms with van der Waals surface area (Å²) in [6.07, 6.45) is 0. The van der Waals surface area contributed by atoms with Crippen molar-refractivity contribution in [1.82, 2.24) is 0 Å². The first-order valence-corrected chi connectivity index (χ1v) is 19.5. The number of furan rings is 1. The largest absolute Gasteiger partial charge is 0.454 e. The van der Waals surface area contributed by atoms with Crippen LogP contribution in [-0.4, -0.2) is 0 Å². The van der Waals surface area contributed by atoms with Crippen LogP contribution >= 0.6 is 11.3 Å². The first-order chi connectivity index (χ1) is 27.3. The van der Waals surface area contributed by atoms with Gasteiger partial charge < -0.3 is 9.32 Å². The lowest BCUT2D eigenvalue weighted by Gasteiger charge is -2.30. The van der Waals surface area contributed by atoms with Crippen LogP contribution in [0.5, 0.6) is 0 Å². The molecule has 0 radical (unpaired) electrons. The van der Waals surface area contributed by atoms with Gasteiger partial charge in [0.1, 0.15) is 5.58 Å². The van der Waals surface area contributed by atoms with Gasteiger partial charge in [-0.2, -0.15) is 0 Å². The minimum absolute atomic E-state index is 0.855. The SMILES string of the molecule is c1ccc(-c2ccc(-c3ccc4ccccc4c3)cc2N(c2ccccc2-c2cccc3c2sc2ccccc23)c2cccc3c2oc2ccccc23)cc1. The van der Waals surface area contributed by atoms with E-state index in [9.17, 15) is 0 Å². The summed E-state index contributed by atoms with van der Waals surface area (Å²) in [5.41, 5.74) is 11.8. The highest BCUT2D eigenvalue weighted by Gasteiger charge is 2.25. The third-order valence-electron chi connectivity index (χ3n) is 10.9. The van der Waals surface area contributed by atoms with Crippen molar-refractivity contribution in [3.05, 3.63) is 200 Å². The normalized spacial score (nSPS) is 11.6. The Labute approximate surface area is 322 Å². The number of hydrogen-bond donors (Lipinski definition) is 0. The van der Waals surface area contributed by atoms with E-state index in [0.29, 0.717) is 0 Å². The molecule has 0 fully saturated rings. The van der Waals surface area contributed by atoms with Gasteiger partial charge in [-0.3, -0.25) is 0 Å². The topological polar surface area (TPSA) is 16.4 Å². The van der Waals surface area contributed by atoms with Gasteiger partial charge in [0.05, 0.1) is 17.1 Å². The number of thiophene rings is 1. The molecule has 0 atom stereocenters. The average molecular weight is 720 g/mol. The van der Waals surface area contributed by atoms with Gasteiger partial charge in [0.2, 0.25) is 0 Å². The van der Waals surface area contributed by atoms with Crippen molar-refractivity contribution < 1.29 is 4.42 Å². The fourth-order valence-electron chi connectivity index (χ4n) is 8.28. The molecular weight excluding hydrogens is 687 g/mol. The second-order valence-corrected chi connectivity index (χ2v) is 15.1. The van der Waals surface area contributed by atoms with Gasteiger partial charge in [0, 0.05) is 47.6 Å². The van der Waals surface area contributed by atoms with E-state index in [1.165, 1.54) is 42.1 Å². The first-order valence-electron chi connectivity index (χ1n) is 18.7. The Bertz CT molecular complexity index is 3230. The smallest absolute Gasteiger partial charge is 0.159 e. The summed E-state index contributed by atoms with van der Waals surface area (Å²) in [4.78, 5) is 2.44. The molecule has 0 amide bonds. The minimum Gasteiger partial charge on any atom is -0.454 e. The maximum Gasteiger partial charge on any atom is 0.159 e. The Balaban J connectivity index is 1.24. The molecule has 0 saturated heterocycles. The zero-order chi connectivity index (χ0) is 36.3. The quantitative estimate of drug-likeness (QED) is 0.170. The van der Waals surface area contributed by atoms with Crippen LogP contribution in [0.2, 0.25) is 0 Å². The number of fused-ring (bicyclic) bond motifs is 7. The highest BCUT2D eigenvalue weighted by Crippen LogP contribution is 2.50. The van der Waals surface area contributed by atoms with Crippen molar-refractivity contribution >= 4 is 81.3 Å². The molecule has 0 aliphatic heterocycles. The van der Waals surface area contributed by atoms with Gasteiger partial charge >= 0.3 is 0 Å². The van der Waals surface area contributed by atoms with Gasteiger partial charge in [0.25, 0.3) is 0 Å². The molecule has 55 heavy (non-hydrogen) atoms. The van der Waals surface area contributed by atoms with Crippen LogP contribution in [0.25, 0.3) is 86.3 Å². The van der Waals surface area contributed by atoms with Crippen LogP contribution in [0.4, 0.5) is 17.1 Å². The molecular formula is C52H33NOS. The van der Waals surface area contributed by atoms with E-state index in [4.69, 9.17) is 4.42 Å². The van der Waals surface area contributed by atoms with Crippen LogP contribution in [0, 0.1) is 0 Å². The van der Waals surface area contributed by atoms with Crippen LogP contribution in [0.1, 0.15) is 0 Å². The molecule has 0 N–H and O–H groups in total. The Hall–Kier alpha value is -6.94. The summed E-state index contributed by atoms with van der Waals surface area (Å²) in [7, 11) is 0. The van der Waals surface area contributed by atoms with E-state index in [1.54, 1.807) is 0 Å². The molecule has 0 aliphatic carbocycles. The van der Waals surface area contributed by atoms with Crippen LogP contribution in [0.3, 0.4) is 0 Å². The molecule has 0 aliphatic rings. The zero-order valence-electron chi connectivity index (χ0n) is 29.8. The molecule has 2 aromatic heterocycles. The third-order valence-corrected chi connectivity index (χ3v) is 12.1. The second-order valence-electron chi connectivity index (χ2n) is 14.0. The van der Waals surface area contributed by atoms with Crippen molar-refractivity contribution in [3.63, 3.8) is 0 Å². The monoisotopic (exact) mass is 719 g/mol. The second kappa shape index (κ2) is 12.9. The molecule has 3 heteroatoms. The standard InChI is InChI=1S/C52H33NOS/c1-2-15-35(16-3-1)39-31-30-38(37-29-28-34-14-4-5-17-36(34)32-37)33-48(39)53(47-25-13-21-43-41-19-7-10-26-49(41)54-51(43)47)46-24-9-6-18-40(46)44-22-12-23-45-42-20-8-11-27-50(42)55-52(44)45/h1-33H. The number of benzene rings is 9. The molecule has 9 aromatic carbocycles. The number of rotatable bonds is 6. The predicted octanol–water partition coefficient (Wildman–Crippen LogP) is 15.6. The fraction of sp³-hybridized carbons (Fsp3) is 0.